The molecule has 0 bridgehead atoms. The Morgan fingerprint density at radius 1 is 1.39 bits per heavy atom. The number of benzene rings is 1. The Morgan fingerprint density at radius 3 is 2.67 bits per heavy atom. The van der Waals surface area contributed by atoms with Gasteiger partial charge in [0.25, 0.3) is 5.82 Å². The van der Waals surface area contributed by atoms with Crippen molar-refractivity contribution in [1.82, 2.24) is 14.8 Å². The normalized spacial score (nSPS) is 13.9. The molecule has 0 radical (unpaired) electrons. The van der Waals surface area contributed by atoms with Crippen LogP contribution in [-0.2, 0) is 0 Å². The first-order chi connectivity index (χ1) is 8.63. The van der Waals surface area contributed by atoms with Gasteiger partial charge < -0.3 is 5.73 Å². The molecule has 0 aliphatic heterocycles. The highest BCUT2D eigenvalue weighted by Crippen LogP contribution is 2.23. The molecule has 0 fully saturated rings. The van der Waals surface area contributed by atoms with Crippen molar-refractivity contribution in [3.63, 3.8) is 0 Å². The first-order valence-corrected chi connectivity index (χ1v) is 5.76. The van der Waals surface area contributed by atoms with Crippen LogP contribution >= 0.6 is 0 Å². The first-order valence-electron chi connectivity index (χ1n) is 5.76. The van der Waals surface area contributed by atoms with Crippen molar-refractivity contribution < 1.29 is 0 Å². The van der Waals surface area contributed by atoms with E-state index in [-0.39, 0.29) is 17.9 Å². The highest BCUT2D eigenvalue weighted by molar-refractivity contribution is 5.30. The summed E-state index contributed by atoms with van der Waals surface area (Å²) in [6.07, 6.45) is 1.55. The molecule has 2 atom stereocenters. The van der Waals surface area contributed by atoms with Crippen molar-refractivity contribution in [3.8, 4) is 6.07 Å². The number of aromatic nitrogens is 3. The molecule has 5 heteroatoms. The quantitative estimate of drug-likeness (QED) is 0.880. The lowest BCUT2D eigenvalue weighted by Gasteiger charge is -2.22. The molecule has 0 aliphatic rings. The number of aryl methyl sites for hydroxylation is 1. The van der Waals surface area contributed by atoms with E-state index in [1.807, 2.05) is 44.2 Å². The van der Waals surface area contributed by atoms with Gasteiger partial charge >= 0.3 is 0 Å². The lowest BCUT2D eigenvalue weighted by Crippen LogP contribution is -2.31. The van der Waals surface area contributed by atoms with Gasteiger partial charge in [-0.25, -0.2) is 9.67 Å². The van der Waals surface area contributed by atoms with Crippen molar-refractivity contribution in [2.24, 2.45) is 5.73 Å². The maximum absolute atomic E-state index is 8.78. The SMILES string of the molecule is Cc1ccccc1C(C(C)N)n1cnc(C#N)n1. The zero-order valence-corrected chi connectivity index (χ0v) is 10.4. The van der Waals surface area contributed by atoms with E-state index in [2.05, 4.69) is 10.1 Å². The summed E-state index contributed by atoms with van der Waals surface area (Å²) in [5, 5.41) is 12.9. The molecule has 18 heavy (non-hydrogen) atoms. The second-order valence-corrected chi connectivity index (χ2v) is 4.32. The summed E-state index contributed by atoms with van der Waals surface area (Å²) in [6, 6.07) is 9.70. The predicted molar refractivity (Wildman–Crippen MR) is 67.7 cm³/mol. The third-order valence-electron chi connectivity index (χ3n) is 2.90. The van der Waals surface area contributed by atoms with Gasteiger partial charge in [0.15, 0.2) is 0 Å². The van der Waals surface area contributed by atoms with Crippen LogP contribution in [0.4, 0.5) is 0 Å². The van der Waals surface area contributed by atoms with Crippen LogP contribution < -0.4 is 5.73 Å². The molecular formula is C13H15N5. The maximum atomic E-state index is 8.78. The molecule has 2 aromatic rings. The molecule has 5 nitrogen and oxygen atoms in total. The zero-order valence-electron chi connectivity index (χ0n) is 10.4. The number of hydrogen-bond donors (Lipinski definition) is 1. The van der Waals surface area contributed by atoms with E-state index < -0.39 is 0 Å². The Kier molecular flexibility index (Phi) is 3.40. The Labute approximate surface area is 106 Å². The minimum absolute atomic E-state index is 0.110. The molecule has 1 aromatic carbocycles. The average Bonchev–Trinajstić information content (AvgIpc) is 2.80. The van der Waals surface area contributed by atoms with Gasteiger partial charge in [-0.05, 0) is 25.0 Å². The number of nitrogens with two attached hydrogens (primary N) is 1. The molecular weight excluding hydrogens is 226 g/mol. The topological polar surface area (TPSA) is 80.5 Å². The summed E-state index contributed by atoms with van der Waals surface area (Å²) in [6.45, 7) is 3.96. The smallest absolute Gasteiger partial charge is 0.252 e. The zero-order chi connectivity index (χ0) is 13.1. The molecule has 2 N–H and O–H groups in total. The summed E-state index contributed by atoms with van der Waals surface area (Å²) >= 11 is 0. The summed E-state index contributed by atoms with van der Waals surface area (Å²) < 4.78 is 1.66. The van der Waals surface area contributed by atoms with E-state index in [1.54, 1.807) is 11.0 Å². The minimum atomic E-state index is -0.126. The lowest BCUT2D eigenvalue weighted by atomic mass is 9.97. The average molecular weight is 241 g/mol. The molecule has 2 unspecified atom stereocenters. The molecule has 0 spiro atoms. The van der Waals surface area contributed by atoms with Crippen LogP contribution in [0.5, 0.6) is 0 Å². The van der Waals surface area contributed by atoms with Crippen molar-refractivity contribution in [3.05, 3.63) is 47.5 Å². The Morgan fingerprint density at radius 2 is 2.11 bits per heavy atom. The van der Waals surface area contributed by atoms with E-state index in [0.29, 0.717) is 0 Å². The number of rotatable bonds is 3. The van der Waals surface area contributed by atoms with Gasteiger partial charge in [-0.15, -0.1) is 5.10 Å². The number of nitriles is 1. The predicted octanol–water partition coefficient (Wildman–Crippen LogP) is 1.39. The first kappa shape index (κ1) is 12.3. The van der Waals surface area contributed by atoms with Crippen LogP contribution in [0.15, 0.2) is 30.6 Å². The molecule has 0 saturated heterocycles. The molecule has 0 amide bonds. The van der Waals surface area contributed by atoms with E-state index in [9.17, 15) is 0 Å². The van der Waals surface area contributed by atoms with Crippen LogP contribution in [0.25, 0.3) is 0 Å². The van der Waals surface area contributed by atoms with E-state index in [1.165, 1.54) is 0 Å². The summed E-state index contributed by atoms with van der Waals surface area (Å²) in [5.41, 5.74) is 8.29. The summed E-state index contributed by atoms with van der Waals surface area (Å²) in [7, 11) is 0. The third-order valence-corrected chi connectivity index (χ3v) is 2.90. The Balaban J connectivity index is 2.47. The molecule has 1 aromatic heterocycles. The lowest BCUT2D eigenvalue weighted by molar-refractivity contribution is 0.450. The van der Waals surface area contributed by atoms with Gasteiger partial charge in [0.05, 0.1) is 6.04 Å². The second-order valence-electron chi connectivity index (χ2n) is 4.32. The van der Waals surface area contributed by atoms with Gasteiger partial charge in [-0.2, -0.15) is 5.26 Å². The van der Waals surface area contributed by atoms with Crippen LogP contribution in [-0.4, -0.2) is 20.8 Å². The van der Waals surface area contributed by atoms with Crippen LogP contribution in [0, 0.1) is 18.3 Å². The fourth-order valence-electron chi connectivity index (χ4n) is 2.05. The number of nitrogens with zero attached hydrogens (tertiary/aromatic N) is 4. The van der Waals surface area contributed by atoms with Crippen LogP contribution in [0.1, 0.15) is 29.9 Å². The van der Waals surface area contributed by atoms with Crippen molar-refractivity contribution in [2.45, 2.75) is 25.9 Å². The van der Waals surface area contributed by atoms with E-state index in [0.717, 1.165) is 11.1 Å². The highest BCUT2D eigenvalue weighted by atomic mass is 15.3. The molecule has 2 rings (SSSR count). The van der Waals surface area contributed by atoms with Gasteiger partial charge in [-0.1, -0.05) is 24.3 Å². The Bertz CT molecular complexity index is 579. The van der Waals surface area contributed by atoms with Crippen molar-refractivity contribution in [1.29, 1.82) is 5.26 Å². The fourth-order valence-corrected chi connectivity index (χ4v) is 2.05. The standard InChI is InChI=1S/C13H15N5/c1-9-5-3-4-6-11(9)13(10(2)15)18-8-16-12(7-14)17-18/h3-6,8,10,13H,15H2,1-2H3. The van der Waals surface area contributed by atoms with Crippen molar-refractivity contribution in [2.75, 3.05) is 0 Å². The maximum Gasteiger partial charge on any atom is 0.252 e. The highest BCUT2D eigenvalue weighted by Gasteiger charge is 2.21. The molecule has 0 saturated carbocycles. The minimum Gasteiger partial charge on any atom is -0.326 e. The van der Waals surface area contributed by atoms with Crippen LogP contribution in [0.2, 0.25) is 0 Å². The van der Waals surface area contributed by atoms with Gasteiger partial charge in [-0.3, -0.25) is 0 Å². The van der Waals surface area contributed by atoms with Gasteiger partial charge in [0.1, 0.15) is 12.4 Å². The summed E-state index contributed by atoms with van der Waals surface area (Å²) in [5.74, 6) is 0.161. The van der Waals surface area contributed by atoms with E-state index in [4.69, 9.17) is 11.0 Å². The van der Waals surface area contributed by atoms with E-state index >= 15 is 0 Å². The van der Waals surface area contributed by atoms with Crippen LogP contribution in [0.3, 0.4) is 0 Å². The van der Waals surface area contributed by atoms with Gasteiger partial charge in [0, 0.05) is 6.04 Å². The third kappa shape index (κ3) is 2.24. The summed E-state index contributed by atoms with van der Waals surface area (Å²) in [4.78, 5) is 3.93. The number of hydrogen-bond acceptors (Lipinski definition) is 4. The molecule has 1 heterocycles. The largest absolute Gasteiger partial charge is 0.326 e. The van der Waals surface area contributed by atoms with Gasteiger partial charge in [0.2, 0.25) is 0 Å². The molecule has 92 valence electrons. The monoisotopic (exact) mass is 241 g/mol. The molecule has 0 aliphatic carbocycles. The second kappa shape index (κ2) is 4.98. The fraction of sp³-hybridized carbons (Fsp3) is 0.308. The van der Waals surface area contributed by atoms with Crippen molar-refractivity contribution >= 4 is 0 Å². The Hall–Kier alpha value is -2.19.